The molecule has 4 nitrogen and oxygen atoms in total. The molecule has 0 saturated heterocycles. The van der Waals surface area contributed by atoms with Crippen LogP contribution < -0.4 is 15.4 Å². The Balaban J connectivity index is 1.69. The zero-order valence-corrected chi connectivity index (χ0v) is 17.4. The van der Waals surface area contributed by atoms with Crippen LogP contribution in [0.15, 0.2) is 78.9 Å². The molecule has 2 atom stereocenters. The molecule has 0 heterocycles. The minimum Gasteiger partial charge on any atom is -0.497 e. The van der Waals surface area contributed by atoms with Gasteiger partial charge in [0.15, 0.2) is 6.54 Å². The molecule has 0 fully saturated rings. The van der Waals surface area contributed by atoms with E-state index in [0.29, 0.717) is 11.6 Å². The lowest BCUT2D eigenvalue weighted by molar-refractivity contribution is -0.682. The van der Waals surface area contributed by atoms with Gasteiger partial charge in [-0.05, 0) is 42.3 Å². The fraction of sp³-hybridized carbons (Fsp3) is 0.208. The summed E-state index contributed by atoms with van der Waals surface area (Å²) in [6.07, 6.45) is 0. The van der Waals surface area contributed by atoms with Crippen molar-refractivity contribution in [1.29, 1.82) is 0 Å². The first-order chi connectivity index (χ1) is 14.1. The van der Waals surface area contributed by atoms with Crippen LogP contribution in [0, 0.1) is 0 Å². The van der Waals surface area contributed by atoms with Crippen LogP contribution in [0.1, 0.15) is 35.7 Å². The van der Waals surface area contributed by atoms with Crippen molar-refractivity contribution in [1.82, 2.24) is 5.32 Å². The standard InChI is InChI=1S/C24H25ClN2O2/c1-17(20-9-6-10-21(25)15-20)26-16-23(28)27-24(18-7-4-3-5-8-18)19-11-13-22(29-2)14-12-19/h3-15,17,24,26H,16H2,1-2H3,(H,27,28)/p+1/t17-,24-/m0/s1. The van der Waals surface area contributed by atoms with Crippen LogP contribution in [-0.4, -0.2) is 19.6 Å². The largest absolute Gasteiger partial charge is 0.497 e. The monoisotopic (exact) mass is 409 g/mol. The third kappa shape index (κ3) is 5.83. The number of nitrogens with one attached hydrogen (secondary N) is 1. The van der Waals surface area contributed by atoms with E-state index in [2.05, 4.69) is 12.2 Å². The van der Waals surface area contributed by atoms with E-state index in [1.165, 1.54) is 0 Å². The quantitative estimate of drug-likeness (QED) is 0.593. The predicted molar refractivity (Wildman–Crippen MR) is 116 cm³/mol. The van der Waals surface area contributed by atoms with Gasteiger partial charge in [-0.25, -0.2) is 0 Å². The van der Waals surface area contributed by atoms with Gasteiger partial charge in [0, 0.05) is 10.6 Å². The molecule has 0 spiro atoms. The van der Waals surface area contributed by atoms with Crippen molar-refractivity contribution in [3.8, 4) is 5.75 Å². The van der Waals surface area contributed by atoms with E-state index in [4.69, 9.17) is 16.3 Å². The Kier molecular flexibility index (Phi) is 7.28. The highest BCUT2D eigenvalue weighted by Crippen LogP contribution is 2.24. The number of hydrogen-bond donors (Lipinski definition) is 2. The molecule has 0 aliphatic heterocycles. The number of carbonyl (C=O) groups excluding carboxylic acids is 1. The van der Waals surface area contributed by atoms with Crippen LogP contribution in [0.4, 0.5) is 0 Å². The molecule has 0 aliphatic rings. The van der Waals surface area contributed by atoms with Gasteiger partial charge in [-0.1, -0.05) is 66.2 Å². The van der Waals surface area contributed by atoms with Gasteiger partial charge in [0.1, 0.15) is 11.8 Å². The Morgan fingerprint density at radius 1 is 0.966 bits per heavy atom. The van der Waals surface area contributed by atoms with Crippen LogP contribution in [0.3, 0.4) is 0 Å². The summed E-state index contributed by atoms with van der Waals surface area (Å²) in [4.78, 5) is 12.7. The minimum absolute atomic E-state index is 0.0245. The molecule has 5 heteroatoms. The Labute approximate surface area is 176 Å². The van der Waals surface area contributed by atoms with Gasteiger partial charge in [0.2, 0.25) is 0 Å². The summed E-state index contributed by atoms with van der Waals surface area (Å²) >= 11 is 6.08. The average molecular weight is 410 g/mol. The zero-order valence-electron chi connectivity index (χ0n) is 16.6. The van der Waals surface area contributed by atoms with E-state index in [9.17, 15) is 4.79 Å². The van der Waals surface area contributed by atoms with Crippen LogP contribution >= 0.6 is 11.6 Å². The van der Waals surface area contributed by atoms with Crippen molar-refractivity contribution >= 4 is 17.5 Å². The molecule has 150 valence electrons. The molecule has 3 aromatic carbocycles. The summed E-state index contributed by atoms with van der Waals surface area (Å²) < 4.78 is 5.25. The number of ether oxygens (including phenoxy) is 1. The van der Waals surface area contributed by atoms with Crippen molar-refractivity contribution < 1.29 is 14.8 Å². The zero-order chi connectivity index (χ0) is 20.6. The SMILES string of the molecule is COc1ccc([C@@H](NC(=O)C[NH2+][C@@H](C)c2cccc(Cl)c2)c2ccccc2)cc1. The van der Waals surface area contributed by atoms with Gasteiger partial charge in [-0.2, -0.15) is 0 Å². The van der Waals surface area contributed by atoms with E-state index in [0.717, 1.165) is 22.4 Å². The Morgan fingerprint density at radius 3 is 2.28 bits per heavy atom. The lowest BCUT2D eigenvalue weighted by Gasteiger charge is -2.20. The molecule has 3 rings (SSSR count). The van der Waals surface area contributed by atoms with Gasteiger partial charge in [-0.3, -0.25) is 4.79 Å². The van der Waals surface area contributed by atoms with E-state index in [1.807, 2.05) is 84.2 Å². The topological polar surface area (TPSA) is 54.9 Å². The summed E-state index contributed by atoms with van der Waals surface area (Å²) in [7, 11) is 1.64. The lowest BCUT2D eigenvalue weighted by atomic mass is 9.98. The third-order valence-corrected chi connectivity index (χ3v) is 5.15. The predicted octanol–water partition coefficient (Wildman–Crippen LogP) is 3.88. The normalized spacial score (nSPS) is 12.8. The van der Waals surface area contributed by atoms with Crippen LogP contribution in [0.2, 0.25) is 5.02 Å². The second-order valence-corrected chi connectivity index (χ2v) is 7.40. The third-order valence-electron chi connectivity index (χ3n) is 4.92. The van der Waals surface area contributed by atoms with Crippen molar-refractivity contribution in [3.05, 3.63) is 101 Å². The molecule has 3 aromatic rings. The fourth-order valence-electron chi connectivity index (χ4n) is 3.23. The van der Waals surface area contributed by atoms with Crippen molar-refractivity contribution in [2.24, 2.45) is 0 Å². The number of halogens is 1. The maximum atomic E-state index is 12.7. The molecule has 29 heavy (non-hydrogen) atoms. The van der Waals surface area contributed by atoms with Gasteiger partial charge in [-0.15, -0.1) is 0 Å². The average Bonchev–Trinajstić information content (AvgIpc) is 2.76. The minimum atomic E-state index is -0.218. The summed E-state index contributed by atoms with van der Waals surface area (Å²) in [6, 6.07) is 25.4. The van der Waals surface area contributed by atoms with E-state index >= 15 is 0 Å². The highest BCUT2D eigenvalue weighted by Gasteiger charge is 2.19. The highest BCUT2D eigenvalue weighted by atomic mass is 35.5. The highest BCUT2D eigenvalue weighted by molar-refractivity contribution is 6.30. The number of amides is 1. The van der Waals surface area contributed by atoms with Crippen molar-refractivity contribution in [3.63, 3.8) is 0 Å². The van der Waals surface area contributed by atoms with Gasteiger partial charge < -0.3 is 15.4 Å². The lowest BCUT2D eigenvalue weighted by Crippen LogP contribution is -2.87. The maximum Gasteiger partial charge on any atom is 0.275 e. The molecule has 0 saturated carbocycles. The van der Waals surface area contributed by atoms with E-state index < -0.39 is 0 Å². The van der Waals surface area contributed by atoms with Crippen LogP contribution in [0.25, 0.3) is 0 Å². The Bertz CT molecular complexity index is 929. The number of benzene rings is 3. The first-order valence-corrected chi connectivity index (χ1v) is 10.0. The van der Waals surface area contributed by atoms with Crippen molar-refractivity contribution in [2.75, 3.05) is 13.7 Å². The van der Waals surface area contributed by atoms with Gasteiger partial charge >= 0.3 is 0 Å². The maximum absolute atomic E-state index is 12.7. The number of nitrogens with two attached hydrogens (primary N) is 1. The molecule has 0 aliphatic carbocycles. The molecule has 1 amide bonds. The van der Waals surface area contributed by atoms with Crippen LogP contribution in [0.5, 0.6) is 5.75 Å². The van der Waals surface area contributed by atoms with Crippen molar-refractivity contribution in [2.45, 2.75) is 19.0 Å². The number of methoxy groups -OCH3 is 1. The van der Waals surface area contributed by atoms with Gasteiger partial charge in [0.05, 0.1) is 13.2 Å². The number of carbonyl (C=O) groups is 1. The number of hydrogen-bond acceptors (Lipinski definition) is 2. The molecular weight excluding hydrogens is 384 g/mol. The van der Waals surface area contributed by atoms with Gasteiger partial charge in [0.25, 0.3) is 5.91 Å². The number of quaternary nitrogens is 1. The first-order valence-electron chi connectivity index (χ1n) is 9.64. The molecular formula is C24H26ClN2O2+. The number of rotatable bonds is 8. The van der Waals surface area contributed by atoms with E-state index in [-0.39, 0.29) is 18.0 Å². The molecule has 0 radical (unpaired) electrons. The summed E-state index contributed by atoms with van der Waals surface area (Å²) in [6.45, 7) is 2.39. The molecule has 0 aromatic heterocycles. The second kappa shape index (κ2) is 10.1. The summed E-state index contributed by atoms with van der Waals surface area (Å²) in [5.41, 5.74) is 3.14. The fourth-order valence-corrected chi connectivity index (χ4v) is 3.43. The Morgan fingerprint density at radius 2 is 1.62 bits per heavy atom. The smallest absolute Gasteiger partial charge is 0.275 e. The molecule has 0 unspecified atom stereocenters. The second-order valence-electron chi connectivity index (χ2n) is 6.97. The molecule has 0 bridgehead atoms. The Hall–Kier alpha value is -2.82. The first kappa shape index (κ1) is 20.9. The van der Waals surface area contributed by atoms with E-state index in [1.54, 1.807) is 7.11 Å². The summed E-state index contributed by atoms with van der Waals surface area (Å²) in [5, 5.41) is 5.88. The molecule has 3 N–H and O–H groups in total. The van der Waals surface area contributed by atoms with Crippen LogP contribution in [-0.2, 0) is 4.79 Å². The summed E-state index contributed by atoms with van der Waals surface area (Å²) in [5.74, 6) is 0.763.